The van der Waals surface area contributed by atoms with Gasteiger partial charge in [0.1, 0.15) is 0 Å². The molecule has 6 nitrogen and oxygen atoms in total. The number of hydrogen-bond donors (Lipinski definition) is 1. The van der Waals surface area contributed by atoms with Crippen LogP contribution in [0.5, 0.6) is 0 Å². The molecule has 1 aromatic rings. The normalized spacial score (nSPS) is 10.8. The van der Waals surface area contributed by atoms with Crippen LogP contribution in [0.3, 0.4) is 0 Å². The molecule has 7 heteroatoms. The molecule has 0 amide bonds. The minimum Gasteiger partial charge on any atom is -0.395 e. The molecule has 0 saturated heterocycles. The monoisotopic (exact) mass is 331 g/mol. The van der Waals surface area contributed by atoms with Gasteiger partial charge in [-0.25, -0.2) is 4.98 Å². The number of aliphatic hydroxyl groups excluding tert-OH is 1. The molecule has 0 unspecified atom stereocenters. The van der Waals surface area contributed by atoms with Gasteiger partial charge >= 0.3 is 5.69 Å². The van der Waals surface area contributed by atoms with Crippen LogP contribution >= 0.6 is 15.9 Å². The third-order valence-electron chi connectivity index (χ3n) is 3.01. The van der Waals surface area contributed by atoms with E-state index in [1.165, 1.54) is 12.3 Å². The van der Waals surface area contributed by atoms with Gasteiger partial charge in [0.05, 0.1) is 11.5 Å². The quantitative estimate of drug-likeness (QED) is 0.613. The zero-order valence-corrected chi connectivity index (χ0v) is 12.6. The summed E-state index contributed by atoms with van der Waals surface area (Å²) >= 11 is 3.19. The average Bonchev–Trinajstić information content (AvgIpc) is 2.39. The van der Waals surface area contributed by atoms with Gasteiger partial charge in [-0.3, -0.25) is 10.1 Å². The van der Waals surface area contributed by atoms with Gasteiger partial charge in [-0.15, -0.1) is 0 Å². The molecule has 1 rings (SSSR count). The predicted molar refractivity (Wildman–Crippen MR) is 77.4 cm³/mol. The van der Waals surface area contributed by atoms with Crippen LogP contribution in [0.2, 0.25) is 0 Å². The van der Waals surface area contributed by atoms with Gasteiger partial charge in [-0.1, -0.05) is 13.8 Å². The van der Waals surface area contributed by atoms with E-state index in [1.54, 1.807) is 0 Å². The Kier molecular flexibility index (Phi) is 6.17. The van der Waals surface area contributed by atoms with Crippen molar-refractivity contribution in [1.29, 1.82) is 0 Å². The molecule has 0 radical (unpaired) electrons. The first-order valence-electron chi connectivity index (χ1n) is 6.22. The van der Waals surface area contributed by atoms with Crippen molar-refractivity contribution in [3.63, 3.8) is 0 Å². The van der Waals surface area contributed by atoms with Crippen LogP contribution in [-0.2, 0) is 0 Å². The lowest BCUT2D eigenvalue weighted by atomic mass is 10.1. The molecule has 0 fully saturated rings. The molecule has 0 aliphatic carbocycles. The van der Waals surface area contributed by atoms with E-state index in [2.05, 4.69) is 20.9 Å². The number of halogens is 1. The summed E-state index contributed by atoms with van der Waals surface area (Å²) in [5, 5.41) is 20.3. The second kappa shape index (κ2) is 7.40. The van der Waals surface area contributed by atoms with Gasteiger partial charge in [0.15, 0.2) is 0 Å². The van der Waals surface area contributed by atoms with Crippen molar-refractivity contribution in [2.24, 2.45) is 0 Å². The lowest BCUT2D eigenvalue weighted by molar-refractivity contribution is -0.384. The van der Waals surface area contributed by atoms with E-state index >= 15 is 0 Å². The number of aromatic nitrogens is 1. The summed E-state index contributed by atoms with van der Waals surface area (Å²) in [6.45, 7) is 4.31. The van der Waals surface area contributed by atoms with Gasteiger partial charge in [-0.2, -0.15) is 0 Å². The predicted octanol–water partition coefficient (Wildman–Crippen LogP) is 2.74. The van der Waals surface area contributed by atoms with E-state index in [1.807, 2.05) is 18.7 Å². The molecule has 19 heavy (non-hydrogen) atoms. The summed E-state index contributed by atoms with van der Waals surface area (Å²) in [5.41, 5.74) is -0.0466. The molecule has 1 aromatic heterocycles. The van der Waals surface area contributed by atoms with Gasteiger partial charge in [0, 0.05) is 29.3 Å². The van der Waals surface area contributed by atoms with E-state index in [9.17, 15) is 15.2 Å². The van der Waals surface area contributed by atoms with Crippen LogP contribution in [0.25, 0.3) is 0 Å². The molecule has 0 aliphatic heterocycles. The fraction of sp³-hybridized carbons (Fsp3) is 0.583. The molecular formula is C12H18BrN3O3. The van der Waals surface area contributed by atoms with Crippen LogP contribution in [0, 0.1) is 10.1 Å². The van der Waals surface area contributed by atoms with Crippen molar-refractivity contribution in [2.75, 3.05) is 18.1 Å². The summed E-state index contributed by atoms with van der Waals surface area (Å²) in [6.07, 6.45) is 3.21. The Morgan fingerprint density at radius 3 is 2.63 bits per heavy atom. The Morgan fingerprint density at radius 1 is 1.53 bits per heavy atom. The number of pyridine rings is 1. The Bertz CT molecular complexity index is 438. The third-order valence-corrected chi connectivity index (χ3v) is 3.44. The highest BCUT2D eigenvalue weighted by Crippen LogP contribution is 2.30. The Balaban J connectivity index is 3.25. The van der Waals surface area contributed by atoms with Crippen LogP contribution in [0.15, 0.2) is 16.7 Å². The highest BCUT2D eigenvalue weighted by atomic mass is 79.9. The van der Waals surface area contributed by atoms with E-state index in [-0.39, 0.29) is 18.3 Å². The molecule has 0 saturated carbocycles. The molecule has 1 heterocycles. The summed E-state index contributed by atoms with van der Waals surface area (Å²) in [6, 6.07) is 1.56. The average molecular weight is 332 g/mol. The largest absolute Gasteiger partial charge is 0.395 e. The number of nitrogens with zero attached hydrogens (tertiary/aromatic N) is 3. The van der Waals surface area contributed by atoms with Crippen LogP contribution in [0.4, 0.5) is 11.5 Å². The zero-order valence-electron chi connectivity index (χ0n) is 11.0. The smallest absolute Gasteiger partial charge is 0.312 e. The summed E-state index contributed by atoms with van der Waals surface area (Å²) in [4.78, 5) is 16.7. The molecule has 106 valence electrons. The number of rotatable bonds is 7. The van der Waals surface area contributed by atoms with Crippen LogP contribution < -0.4 is 4.90 Å². The summed E-state index contributed by atoms with van der Waals surface area (Å²) in [5.74, 6) is 0.316. The number of nitro groups is 1. The second-order valence-corrected chi connectivity index (χ2v) is 5.06. The summed E-state index contributed by atoms with van der Waals surface area (Å²) < 4.78 is 0.566. The Hall–Kier alpha value is -1.21. The molecule has 0 aromatic carbocycles. The Morgan fingerprint density at radius 2 is 2.16 bits per heavy atom. The topological polar surface area (TPSA) is 79.5 Å². The maximum Gasteiger partial charge on any atom is 0.312 e. The molecule has 0 spiro atoms. The molecule has 1 N–H and O–H groups in total. The molecule has 0 bridgehead atoms. The molecule has 0 aliphatic rings. The van der Waals surface area contributed by atoms with Crippen molar-refractivity contribution < 1.29 is 10.0 Å². The van der Waals surface area contributed by atoms with Crippen molar-refractivity contribution in [2.45, 2.75) is 32.7 Å². The fourth-order valence-corrected chi connectivity index (χ4v) is 2.39. The van der Waals surface area contributed by atoms with Crippen molar-refractivity contribution >= 4 is 27.4 Å². The SMILES string of the molecule is CCC(CC)N(CCO)c1ncc(Br)cc1[N+](=O)[O-]. The minimum absolute atomic E-state index is 0.0466. The van der Waals surface area contributed by atoms with Gasteiger partial charge in [0.25, 0.3) is 0 Å². The third kappa shape index (κ3) is 3.87. The Labute approximate surface area is 120 Å². The fourth-order valence-electron chi connectivity index (χ4n) is 2.08. The van der Waals surface area contributed by atoms with Crippen LogP contribution in [-0.4, -0.2) is 34.2 Å². The zero-order chi connectivity index (χ0) is 14.4. The highest BCUT2D eigenvalue weighted by molar-refractivity contribution is 9.10. The molecule has 0 atom stereocenters. The van der Waals surface area contributed by atoms with E-state index < -0.39 is 4.92 Å². The maximum atomic E-state index is 11.1. The molecular weight excluding hydrogens is 314 g/mol. The van der Waals surface area contributed by atoms with Crippen molar-refractivity contribution in [3.8, 4) is 0 Å². The first-order chi connectivity index (χ1) is 9.04. The van der Waals surface area contributed by atoms with Gasteiger partial charge in [-0.05, 0) is 28.8 Å². The number of hydrogen-bond acceptors (Lipinski definition) is 5. The first-order valence-corrected chi connectivity index (χ1v) is 7.01. The van der Waals surface area contributed by atoms with E-state index in [0.29, 0.717) is 16.8 Å². The first kappa shape index (κ1) is 15.8. The minimum atomic E-state index is -0.445. The number of anilines is 1. The number of aliphatic hydroxyl groups is 1. The van der Waals surface area contributed by atoms with Crippen LogP contribution in [0.1, 0.15) is 26.7 Å². The van der Waals surface area contributed by atoms with E-state index in [4.69, 9.17) is 0 Å². The van der Waals surface area contributed by atoms with Crippen molar-refractivity contribution in [1.82, 2.24) is 4.98 Å². The van der Waals surface area contributed by atoms with E-state index in [0.717, 1.165) is 12.8 Å². The second-order valence-electron chi connectivity index (χ2n) is 4.14. The standard InChI is InChI=1S/C12H18BrN3O3/c1-3-10(4-2)15(5-6-17)12-11(16(18)19)7-9(13)8-14-12/h7-8,10,17H,3-6H2,1-2H3. The maximum absolute atomic E-state index is 11.1. The highest BCUT2D eigenvalue weighted by Gasteiger charge is 2.25. The summed E-state index contributed by atoms with van der Waals surface area (Å²) in [7, 11) is 0. The lowest BCUT2D eigenvalue weighted by Crippen LogP contribution is -2.37. The van der Waals surface area contributed by atoms with Gasteiger partial charge < -0.3 is 10.0 Å². The lowest BCUT2D eigenvalue weighted by Gasteiger charge is -2.30. The van der Waals surface area contributed by atoms with Gasteiger partial charge in [0.2, 0.25) is 5.82 Å². The van der Waals surface area contributed by atoms with Crippen molar-refractivity contribution in [3.05, 3.63) is 26.9 Å².